The quantitative estimate of drug-likeness (QED) is 0.802. The highest BCUT2D eigenvalue weighted by Crippen LogP contribution is 2.35. The van der Waals surface area contributed by atoms with E-state index in [2.05, 4.69) is 16.8 Å². The molecule has 1 aliphatic rings. The summed E-state index contributed by atoms with van der Waals surface area (Å²) in [5.74, 6) is 1.11. The average Bonchev–Trinajstić information content (AvgIpc) is 2.46. The van der Waals surface area contributed by atoms with Crippen LogP contribution in [0.4, 0.5) is 0 Å². The van der Waals surface area contributed by atoms with Crippen molar-refractivity contribution >= 4 is 24.8 Å². The maximum absolute atomic E-state index is 10.2. The zero-order valence-corrected chi connectivity index (χ0v) is 14.8. The number of ether oxygens (including phenoxy) is 1. The second-order valence-corrected chi connectivity index (χ2v) is 5.39. The minimum Gasteiger partial charge on any atom is -0.508 e. The van der Waals surface area contributed by atoms with Gasteiger partial charge in [0.05, 0.1) is 7.11 Å². The summed E-state index contributed by atoms with van der Waals surface area (Å²) in [6.07, 6.45) is 0.848. The van der Waals surface area contributed by atoms with Gasteiger partial charge in [-0.15, -0.1) is 31.4 Å². The smallest absolute Gasteiger partial charge is 0.120 e. The van der Waals surface area contributed by atoms with Gasteiger partial charge in [0.25, 0.3) is 0 Å². The molecule has 1 saturated heterocycles. The molecule has 1 aromatic carbocycles. The first kappa shape index (κ1) is 21.1. The lowest BCUT2D eigenvalue weighted by Gasteiger charge is -2.35. The van der Waals surface area contributed by atoms with Gasteiger partial charge < -0.3 is 15.2 Å². The molecule has 0 bridgehead atoms. The van der Waals surface area contributed by atoms with Gasteiger partial charge in [-0.25, -0.2) is 0 Å². The molecule has 2 N–H and O–H groups in total. The molecule has 0 amide bonds. The molecular formula is C16H26Cl2N2O2. The zero-order chi connectivity index (χ0) is 14.5. The van der Waals surface area contributed by atoms with Crippen LogP contribution in [-0.4, -0.2) is 43.3 Å². The summed E-state index contributed by atoms with van der Waals surface area (Å²) in [6.45, 7) is 10.00. The van der Waals surface area contributed by atoms with Crippen molar-refractivity contribution in [2.24, 2.45) is 0 Å². The Morgan fingerprint density at radius 3 is 2.55 bits per heavy atom. The molecule has 4 nitrogen and oxygen atoms in total. The number of aromatic hydroxyl groups is 1. The van der Waals surface area contributed by atoms with Gasteiger partial charge in [0.1, 0.15) is 11.5 Å². The molecule has 0 unspecified atom stereocenters. The summed E-state index contributed by atoms with van der Waals surface area (Å²) < 4.78 is 5.29. The summed E-state index contributed by atoms with van der Waals surface area (Å²) in [5.41, 5.74) is 2.05. The maximum atomic E-state index is 10.2. The standard InChI is InChI=1S/C16H24N2O2.2ClH/c1-12(2)10-15(18-8-6-17-7-9-18)14-11-13(20-3)4-5-16(14)19;;/h4-5,11,15,17,19H,1,6-10H2,2-3H3;2*1H/t15-;;/m1../s1. The Labute approximate surface area is 145 Å². The van der Waals surface area contributed by atoms with Crippen LogP contribution in [0, 0.1) is 0 Å². The first-order chi connectivity index (χ1) is 9.61. The summed E-state index contributed by atoms with van der Waals surface area (Å²) >= 11 is 0. The fourth-order valence-electron chi connectivity index (χ4n) is 2.69. The van der Waals surface area contributed by atoms with Crippen molar-refractivity contribution in [1.29, 1.82) is 0 Å². The van der Waals surface area contributed by atoms with Crippen LogP contribution in [0.2, 0.25) is 0 Å². The molecule has 0 spiro atoms. The number of piperazine rings is 1. The Bertz CT molecular complexity index is 477. The van der Waals surface area contributed by atoms with E-state index in [0.717, 1.165) is 49.5 Å². The number of benzene rings is 1. The van der Waals surface area contributed by atoms with Crippen molar-refractivity contribution in [2.75, 3.05) is 33.3 Å². The monoisotopic (exact) mass is 348 g/mol. The van der Waals surface area contributed by atoms with Gasteiger partial charge >= 0.3 is 0 Å². The van der Waals surface area contributed by atoms with Crippen LogP contribution in [0.15, 0.2) is 30.4 Å². The number of rotatable bonds is 5. The molecular weight excluding hydrogens is 323 g/mol. The molecule has 22 heavy (non-hydrogen) atoms. The van der Waals surface area contributed by atoms with Gasteiger partial charge in [0, 0.05) is 37.8 Å². The van der Waals surface area contributed by atoms with E-state index in [4.69, 9.17) is 4.74 Å². The SMILES string of the molecule is C=C(C)C[C@H](c1cc(OC)ccc1O)N1CCNCC1.Cl.Cl. The third-order valence-electron chi connectivity index (χ3n) is 3.73. The highest BCUT2D eigenvalue weighted by Gasteiger charge is 2.24. The van der Waals surface area contributed by atoms with E-state index in [-0.39, 0.29) is 30.9 Å². The topological polar surface area (TPSA) is 44.7 Å². The van der Waals surface area contributed by atoms with E-state index in [0.29, 0.717) is 5.75 Å². The summed E-state index contributed by atoms with van der Waals surface area (Å²) in [4.78, 5) is 2.40. The van der Waals surface area contributed by atoms with Crippen LogP contribution >= 0.6 is 24.8 Å². The van der Waals surface area contributed by atoms with Crippen molar-refractivity contribution in [3.05, 3.63) is 35.9 Å². The van der Waals surface area contributed by atoms with Crippen LogP contribution in [-0.2, 0) is 0 Å². The molecule has 0 radical (unpaired) electrons. The van der Waals surface area contributed by atoms with Crippen LogP contribution in [0.1, 0.15) is 24.9 Å². The van der Waals surface area contributed by atoms with Gasteiger partial charge in [0.15, 0.2) is 0 Å². The van der Waals surface area contributed by atoms with Gasteiger partial charge in [-0.05, 0) is 31.5 Å². The van der Waals surface area contributed by atoms with Crippen LogP contribution in [0.25, 0.3) is 0 Å². The number of phenolic OH excluding ortho intramolecular Hbond substituents is 1. The van der Waals surface area contributed by atoms with Crippen molar-refractivity contribution in [3.8, 4) is 11.5 Å². The number of hydrogen-bond acceptors (Lipinski definition) is 4. The number of phenols is 1. The first-order valence-corrected chi connectivity index (χ1v) is 7.08. The molecule has 0 aromatic heterocycles. The minimum absolute atomic E-state index is 0. The molecule has 6 heteroatoms. The molecule has 0 saturated carbocycles. The largest absolute Gasteiger partial charge is 0.508 e. The van der Waals surface area contributed by atoms with E-state index in [1.54, 1.807) is 19.2 Å². The zero-order valence-electron chi connectivity index (χ0n) is 13.2. The fourth-order valence-corrected chi connectivity index (χ4v) is 2.69. The molecule has 1 aromatic rings. The molecule has 1 heterocycles. The van der Waals surface area contributed by atoms with Crippen molar-refractivity contribution in [2.45, 2.75) is 19.4 Å². The Morgan fingerprint density at radius 2 is 2.00 bits per heavy atom. The van der Waals surface area contributed by atoms with Gasteiger partial charge in [-0.3, -0.25) is 4.90 Å². The average molecular weight is 349 g/mol. The molecule has 1 atom stereocenters. The number of methoxy groups -OCH3 is 1. The van der Waals surface area contributed by atoms with E-state index < -0.39 is 0 Å². The summed E-state index contributed by atoms with van der Waals surface area (Å²) in [6, 6.07) is 5.59. The van der Waals surface area contributed by atoms with Crippen molar-refractivity contribution in [1.82, 2.24) is 10.2 Å². The lowest BCUT2D eigenvalue weighted by atomic mass is 9.97. The Hall–Kier alpha value is -0.940. The molecule has 0 aliphatic carbocycles. The summed E-state index contributed by atoms with van der Waals surface area (Å²) in [7, 11) is 1.65. The fraction of sp³-hybridized carbons (Fsp3) is 0.500. The highest BCUT2D eigenvalue weighted by molar-refractivity contribution is 5.85. The van der Waals surface area contributed by atoms with E-state index in [9.17, 15) is 5.11 Å². The molecule has 1 aliphatic heterocycles. The number of nitrogens with zero attached hydrogens (tertiary/aromatic N) is 1. The number of nitrogens with one attached hydrogen (secondary N) is 1. The molecule has 126 valence electrons. The molecule has 1 fully saturated rings. The van der Waals surface area contributed by atoms with E-state index in [1.807, 2.05) is 13.0 Å². The van der Waals surface area contributed by atoms with Crippen molar-refractivity contribution < 1.29 is 9.84 Å². The van der Waals surface area contributed by atoms with Gasteiger partial charge in [0.2, 0.25) is 0 Å². The predicted octanol–water partition coefficient (Wildman–Crippen LogP) is 3.16. The van der Waals surface area contributed by atoms with Crippen molar-refractivity contribution in [3.63, 3.8) is 0 Å². The second-order valence-electron chi connectivity index (χ2n) is 5.39. The molecule has 2 rings (SSSR count). The van der Waals surface area contributed by atoms with Crippen LogP contribution < -0.4 is 10.1 Å². The normalized spacial score (nSPS) is 16.1. The predicted molar refractivity (Wildman–Crippen MR) is 95.8 cm³/mol. The number of hydrogen-bond donors (Lipinski definition) is 2. The van der Waals surface area contributed by atoms with Gasteiger partial charge in [-0.1, -0.05) is 5.57 Å². The maximum Gasteiger partial charge on any atom is 0.120 e. The Kier molecular flexibility index (Phi) is 9.53. The van der Waals surface area contributed by atoms with Gasteiger partial charge in [-0.2, -0.15) is 0 Å². The Morgan fingerprint density at radius 1 is 1.36 bits per heavy atom. The minimum atomic E-state index is 0. The first-order valence-electron chi connectivity index (χ1n) is 7.08. The number of halogens is 2. The third-order valence-corrected chi connectivity index (χ3v) is 3.73. The van der Waals surface area contributed by atoms with E-state index >= 15 is 0 Å². The Balaban J connectivity index is 0.00000220. The van der Waals surface area contributed by atoms with E-state index in [1.165, 1.54) is 0 Å². The van der Waals surface area contributed by atoms with Crippen LogP contribution in [0.3, 0.4) is 0 Å². The second kappa shape index (κ2) is 9.95. The lowest BCUT2D eigenvalue weighted by molar-refractivity contribution is 0.169. The highest BCUT2D eigenvalue weighted by atomic mass is 35.5. The summed E-state index contributed by atoms with van der Waals surface area (Å²) in [5, 5.41) is 13.6. The lowest BCUT2D eigenvalue weighted by Crippen LogP contribution is -2.45. The van der Waals surface area contributed by atoms with Crippen LogP contribution in [0.5, 0.6) is 11.5 Å². The third kappa shape index (κ3) is 5.36.